The van der Waals surface area contributed by atoms with Crippen molar-refractivity contribution in [3.8, 4) is 0 Å². The Bertz CT molecular complexity index is 231. The summed E-state index contributed by atoms with van der Waals surface area (Å²) in [4.78, 5) is 2.74. The van der Waals surface area contributed by atoms with E-state index in [4.69, 9.17) is 0 Å². The lowest BCUT2D eigenvalue weighted by Crippen LogP contribution is -2.38. The maximum absolute atomic E-state index is 3.58. The first-order chi connectivity index (χ1) is 8.15. The Labute approximate surface area is 107 Å². The van der Waals surface area contributed by atoms with Gasteiger partial charge in [-0.05, 0) is 49.6 Å². The lowest BCUT2D eigenvalue weighted by atomic mass is 9.82. The average molecular weight is 238 g/mol. The quantitative estimate of drug-likeness (QED) is 0.792. The summed E-state index contributed by atoms with van der Waals surface area (Å²) in [5.74, 6) is 1.81. The first-order valence-electron chi connectivity index (χ1n) is 7.58. The van der Waals surface area contributed by atoms with Crippen LogP contribution in [0.1, 0.15) is 46.5 Å². The summed E-state index contributed by atoms with van der Waals surface area (Å²) in [5, 5.41) is 3.58. The van der Waals surface area contributed by atoms with Crippen LogP contribution < -0.4 is 5.32 Å². The van der Waals surface area contributed by atoms with E-state index in [1.165, 1.54) is 58.4 Å². The van der Waals surface area contributed by atoms with Gasteiger partial charge in [0.2, 0.25) is 0 Å². The van der Waals surface area contributed by atoms with Crippen molar-refractivity contribution in [2.75, 3.05) is 32.7 Å². The molecule has 2 saturated heterocycles. The number of hydrogen-bond acceptors (Lipinski definition) is 2. The monoisotopic (exact) mass is 238 g/mol. The first-order valence-corrected chi connectivity index (χ1v) is 7.58. The second kappa shape index (κ2) is 5.71. The number of hydrogen-bond donors (Lipinski definition) is 1. The maximum atomic E-state index is 3.58. The molecule has 0 aliphatic carbocycles. The Morgan fingerprint density at radius 2 is 2.24 bits per heavy atom. The van der Waals surface area contributed by atoms with Crippen molar-refractivity contribution in [2.24, 2.45) is 17.3 Å². The zero-order valence-electron chi connectivity index (χ0n) is 12.0. The highest BCUT2D eigenvalue weighted by molar-refractivity contribution is 4.92. The number of likely N-dealkylation sites (tertiary alicyclic amines) is 1. The molecular weight excluding hydrogens is 208 g/mol. The standard InChI is InChI=1S/C15H30N2/c1-4-6-15(7-8-16-11-15)12-17-9-5-14(10-17)13(2)3/h13-14,16H,4-12H2,1-3H3. The summed E-state index contributed by atoms with van der Waals surface area (Å²) in [6.07, 6.45) is 5.56. The second-order valence-corrected chi connectivity index (χ2v) is 6.70. The molecule has 2 heteroatoms. The van der Waals surface area contributed by atoms with Crippen LogP contribution in [-0.2, 0) is 0 Å². The Balaban J connectivity index is 1.87. The number of nitrogens with one attached hydrogen (secondary N) is 1. The van der Waals surface area contributed by atoms with Gasteiger partial charge in [-0.2, -0.15) is 0 Å². The van der Waals surface area contributed by atoms with Gasteiger partial charge in [0, 0.05) is 19.6 Å². The molecule has 2 atom stereocenters. The zero-order valence-corrected chi connectivity index (χ0v) is 12.0. The molecule has 0 saturated carbocycles. The van der Waals surface area contributed by atoms with E-state index in [9.17, 15) is 0 Å². The summed E-state index contributed by atoms with van der Waals surface area (Å²) in [6, 6.07) is 0. The molecule has 0 bridgehead atoms. The molecule has 2 rings (SSSR count). The largest absolute Gasteiger partial charge is 0.316 e. The highest BCUT2D eigenvalue weighted by Gasteiger charge is 2.36. The molecule has 0 radical (unpaired) electrons. The Kier molecular flexibility index (Phi) is 4.48. The van der Waals surface area contributed by atoms with Crippen LogP contribution in [-0.4, -0.2) is 37.6 Å². The van der Waals surface area contributed by atoms with Crippen LogP contribution in [0.15, 0.2) is 0 Å². The second-order valence-electron chi connectivity index (χ2n) is 6.70. The van der Waals surface area contributed by atoms with E-state index < -0.39 is 0 Å². The molecule has 0 aromatic carbocycles. The van der Waals surface area contributed by atoms with E-state index >= 15 is 0 Å². The molecule has 2 heterocycles. The van der Waals surface area contributed by atoms with Crippen LogP contribution in [0.2, 0.25) is 0 Å². The third kappa shape index (κ3) is 3.23. The van der Waals surface area contributed by atoms with E-state index in [-0.39, 0.29) is 0 Å². The third-order valence-corrected chi connectivity index (χ3v) is 4.92. The SMILES string of the molecule is CCCC1(CN2CCC(C(C)C)C2)CCNC1. The highest BCUT2D eigenvalue weighted by atomic mass is 15.2. The van der Waals surface area contributed by atoms with Crippen LogP contribution in [0, 0.1) is 17.3 Å². The summed E-state index contributed by atoms with van der Waals surface area (Å²) < 4.78 is 0. The van der Waals surface area contributed by atoms with Crippen molar-refractivity contribution in [3.63, 3.8) is 0 Å². The average Bonchev–Trinajstić information content (AvgIpc) is 2.89. The fourth-order valence-corrected chi connectivity index (χ4v) is 3.78. The number of rotatable bonds is 5. The molecule has 17 heavy (non-hydrogen) atoms. The van der Waals surface area contributed by atoms with Gasteiger partial charge in [-0.1, -0.05) is 27.2 Å². The fourth-order valence-electron chi connectivity index (χ4n) is 3.78. The van der Waals surface area contributed by atoms with Gasteiger partial charge in [-0.3, -0.25) is 0 Å². The van der Waals surface area contributed by atoms with Crippen LogP contribution >= 0.6 is 0 Å². The van der Waals surface area contributed by atoms with Gasteiger partial charge >= 0.3 is 0 Å². The minimum atomic E-state index is 0.598. The molecule has 2 unspecified atom stereocenters. The minimum Gasteiger partial charge on any atom is -0.316 e. The van der Waals surface area contributed by atoms with Crippen molar-refractivity contribution in [1.29, 1.82) is 0 Å². The van der Waals surface area contributed by atoms with Gasteiger partial charge in [-0.15, -0.1) is 0 Å². The first kappa shape index (κ1) is 13.4. The normalized spacial score (nSPS) is 34.9. The summed E-state index contributed by atoms with van der Waals surface area (Å²) in [5.41, 5.74) is 0.598. The molecule has 0 spiro atoms. The van der Waals surface area contributed by atoms with Gasteiger partial charge in [0.05, 0.1) is 0 Å². The molecule has 2 nitrogen and oxygen atoms in total. The van der Waals surface area contributed by atoms with Gasteiger partial charge in [0.1, 0.15) is 0 Å². The topological polar surface area (TPSA) is 15.3 Å². The summed E-state index contributed by atoms with van der Waals surface area (Å²) >= 11 is 0. The van der Waals surface area contributed by atoms with Gasteiger partial charge < -0.3 is 10.2 Å². The molecule has 2 aliphatic rings. The number of nitrogens with zero attached hydrogens (tertiary/aromatic N) is 1. The Morgan fingerprint density at radius 1 is 1.41 bits per heavy atom. The van der Waals surface area contributed by atoms with Crippen LogP contribution in [0.25, 0.3) is 0 Å². The minimum absolute atomic E-state index is 0.598. The van der Waals surface area contributed by atoms with Crippen molar-refractivity contribution in [2.45, 2.75) is 46.5 Å². The Morgan fingerprint density at radius 3 is 2.76 bits per heavy atom. The van der Waals surface area contributed by atoms with Gasteiger partial charge in [0.15, 0.2) is 0 Å². The maximum Gasteiger partial charge on any atom is 0.00507 e. The van der Waals surface area contributed by atoms with E-state index in [0.29, 0.717) is 5.41 Å². The third-order valence-electron chi connectivity index (χ3n) is 4.92. The lowest BCUT2D eigenvalue weighted by molar-refractivity contribution is 0.169. The van der Waals surface area contributed by atoms with Crippen molar-refractivity contribution < 1.29 is 0 Å². The molecule has 2 fully saturated rings. The van der Waals surface area contributed by atoms with Crippen molar-refractivity contribution in [3.05, 3.63) is 0 Å². The van der Waals surface area contributed by atoms with Crippen LogP contribution in [0.4, 0.5) is 0 Å². The van der Waals surface area contributed by atoms with Crippen molar-refractivity contribution >= 4 is 0 Å². The van der Waals surface area contributed by atoms with Gasteiger partial charge in [-0.25, -0.2) is 0 Å². The predicted molar refractivity (Wildman–Crippen MR) is 74.2 cm³/mol. The Hall–Kier alpha value is -0.0800. The molecule has 2 aliphatic heterocycles. The van der Waals surface area contributed by atoms with E-state index in [1.54, 1.807) is 0 Å². The zero-order chi connectivity index (χ0) is 12.3. The van der Waals surface area contributed by atoms with E-state index in [1.807, 2.05) is 0 Å². The molecule has 1 N–H and O–H groups in total. The molecule has 0 aromatic heterocycles. The highest BCUT2D eigenvalue weighted by Crippen LogP contribution is 2.34. The molecule has 100 valence electrons. The predicted octanol–water partition coefficient (Wildman–Crippen LogP) is 2.74. The van der Waals surface area contributed by atoms with Crippen LogP contribution in [0.5, 0.6) is 0 Å². The van der Waals surface area contributed by atoms with E-state index in [2.05, 4.69) is 31.0 Å². The van der Waals surface area contributed by atoms with Crippen molar-refractivity contribution in [1.82, 2.24) is 10.2 Å². The summed E-state index contributed by atoms with van der Waals surface area (Å²) in [6.45, 7) is 13.6. The molecule has 0 amide bonds. The smallest absolute Gasteiger partial charge is 0.00507 e. The van der Waals surface area contributed by atoms with E-state index in [0.717, 1.165) is 11.8 Å². The molecular formula is C15H30N2. The fraction of sp³-hybridized carbons (Fsp3) is 1.00. The molecule has 0 aromatic rings. The summed E-state index contributed by atoms with van der Waals surface area (Å²) in [7, 11) is 0. The lowest BCUT2D eigenvalue weighted by Gasteiger charge is -2.33. The van der Waals surface area contributed by atoms with Gasteiger partial charge in [0.25, 0.3) is 0 Å². The van der Waals surface area contributed by atoms with Crippen LogP contribution in [0.3, 0.4) is 0 Å².